The predicted molar refractivity (Wildman–Crippen MR) is 169 cm³/mol. The van der Waals surface area contributed by atoms with E-state index in [9.17, 15) is 14.4 Å². The molecule has 4 aromatic rings. The number of amides is 1. The summed E-state index contributed by atoms with van der Waals surface area (Å²) >= 11 is 7.73. The SMILES string of the molecule is CC(C)Cc1ccc(C(=O)[C@@H]2[C@H](C(=O)c3cccs3)N3c4ccc(Cl)cc4C=C[C@@H]3[C@@]23C(=O)Nc2ccccc23)cc1. The van der Waals surface area contributed by atoms with Gasteiger partial charge in [-0.1, -0.05) is 86.1 Å². The standard InChI is InChI=1S/C35H29ClN2O3S/c1-20(2)18-21-9-11-22(12-10-21)32(39)30-31(33(40)28-8-5-17-42-28)38-27-15-14-24(36)19-23(27)13-16-29(38)35(30)25-6-3-4-7-26(25)37-34(35)41/h3-17,19-20,29-31H,18H2,1-2H3,(H,37,41)/t29-,30+,31-,35-/m1/s1. The van der Waals surface area contributed by atoms with E-state index in [1.54, 1.807) is 12.1 Å². The summed E-state index contributed by atoms with van der Waals surface area (Å²) in [6.45, 7) is 4.32. The van der Waals surface area contributed by atoms with Gasteiger partial charge in [-0.05, 0) is 64.7 Å². The number of para-hydroxylation sites is 1. The first-order chi connectivity index (χ1) is 20.3. The van der Waals surface area contributed by atoms with Crippen LogP contribution in [0, 0.1) is 11.8 Å². The lowest BCUT2D eigenvalue weighted by molar-refractivity contribution is -0.121. The fourth-order valence-corrected chi connectivity index (χ4v) is 8.05. The van der Waals surface area contributed by atoms with Crippen molar-refractivity contribution in [1.82, 2.24) is 0 Å². The quantitative estimate of drug-likeness (QED) is 0.236. The van der Waals surface area contributed by atoms with Gasteiger partial charge in [-0.15, -0.1) is 11.3 Å². The van der Waals surface area contributed by atoms with Crippen LogP contribution in [0.1, 0.15) is 50.6 Å². The molecule has 1 aromatic heterocycles. The van der Waals surface area contributed by atoms with Gasteiger partial charge in [-0.3, -0.25) is 14.4 Å². The molecule has 4 atom stereocenters. The molecular weight excluding hydrogens is 564 g/mol. The number of carbonyl (C=O) groups is 3. The minimum atomic E-state index is -1.32. The molecule has 5 nitrogen and oxygen atoms in total. The highest BCUT2D eigenvalue weighted by Gasteiger charge is 2.70. The molecule has 3 aliphatic heterocycles. The van der Waals surface area contributed by atoms with Crippen LogP contribution in [-0.2, 0) is 16.6 Å². The van der Waals surface area contributed by atoms with Gasteiger partial charge < -0.3 is 10.2 Å². The van der Waals surface area contributed by atoms with E-state index in [1.165, 1.54) is 11.3 Å². The van der Waals surface area contributed by atoms with Crippen LogP contribution < -0.4 is 10.2 Å². The third kappa shape index (κ3) is 3.92. The van der Waals surface area contributed by atoms with Crippen LogP contribution in [0.4, 0.5) is 11.4 Å². The Labute approximate surface area is 253 Å². The average molecular weight is 593 g/mol. The van der Waals surface area contributed by atoms with E-state index < -0.39 is 23.4 Å². The van der Waals surface area contributed by atoms with Crippen molar-refractivity contribution in [3.63, 3.8) is 0 Å². The highest BCUT2D eigenvalue weighted by Crippen LogP contribution is 2.58. The molecule has 1 spiro atoms. The maximum Gasteiger partial charge on any atom is 0.238 e. The molecule has 7 rings (SSSR count). The van der Waals surface area contributed by atoms with E-state index >= 15 is 0 Å². The molecule has 0 aliphatic carbocycles. The van der Waals surface area contributed by atoms with E-state index in [2.05, 4.69) is 19.2 Å². The summed E-state index contributed by atoms with van der Waals surface area (Å²) in [4.78, 5) is 46.4. The van der Waals surface area contributed by atoms with E-state index in [-0.39, 0.29) is 17.5 Å². The molecule has 1 saturated heterocycles. The van der Waals surface area contributed by atoms with Gasteiger partial charge in [-0.25, -0.2) is 0 Å². The average Bonchev–Trinajstić information content (AvgIpc) is 3.69. The molecule has 3 aromatic carbocycles. The van der Waals surface area contributed by atoms with Crippen molar-refractivity contribution >= 4 is 57.9 Å². The number of halogens is 1. The smallest absolute Gasteiger partial charge is 0.238 e. The molecule has 1 amide bonds. The topological polar surface area (TPSA) is 66.5 Å². The Kier molecular flexibility index (Phi) is 6.44. The highest BCUT2D eigenvalue weighted by atomic mass is 35.5. The van der Waals surface area contributed by atoms with Crippen molar-refractivity contribution < 1.29 is 14.4 Å². The fraction of sp³-hybridized carbons (Fsp3) is 0.229. The molecule has 0 saturated carbocycles. The summed E-state index contributed by atoms with van der Waals surface area (Å²) < 4.78 is 0. The van der Waals surface area contributed by atoms with Gasteiger partial charge in [0.1, 0.15) is 11.5 Å². The normalized spacial score (nSPS) is 23.6. The number of rotatable bonds is 6. The first-order valence-electron chi connectivity index (χ1n) is 14.2. The molecule has 0 bridgehead atoms. The number of nitrogens with one attached hydrogen (secondary N) is 1. The molecular formula is C35H29ClN2O3S. The number of hydrogen-bond donors (Lipinski definition) is 1. The van der Waals surface area contributed by atoms with Gasteiger partial charge in [0.2, 0.25) is 5.91 Å². The zero-order valence-corrected chi connectivity index (χ0v) is 24.8. The van der Waals surface area contributed by atoms with Gasteiger partial charge in [0, 0.05) is 22.0 Å². The maximum atomic E-state index is 14.9. The summed E-state index contributed by atoms with van der Waals surface area (Å²) in [5.41, 5.74) is 3.35. The Morgan fingerprint density at radius 3 is 2.52 bits per heavy atom. The van der Waals surface area contributed by atoms with Gasteiger partial charge >= 0.3 is 0 Å². The van der Waals surface area contributed by atoms with Crippen LogP contribution in [0.25, 0.3) is 6.08 Å². The molecule has 3 aliphatic rings. The predicted octanol–water partition coefficient (Wildman–Crippen LogP) is 7.46. The van der Waals surface area contributed by atoms with Gasteiger partial charge in [0.15, 0.2) is 11.6 Å². The Morgan fingerprint density at radius 1 is 1.00 bits per heavy atom. The summed E-state index contributed by atoms with van der Waals surface area (Å²) in [6.07, 6.45) is 4.82. The minimum Gasteiger partial charge on any atom is -0.352 e. The number of benzene rings is 3. The summed E-state index contributed by atoms with van der Waals surface area (Å²) in [5, 5.41) is 5.51. The summed E-state index contributed by atoms with van der Waals surface area (Å²) in [5.74, 6) is -1.16. The van der Waals surface area contributed by atoms with Crippen molar-refractivity contribution in [2.45, 2.75) is 37.8 Å². The second-order valence-corrected chi connectivity index (χ2v) is 13.1. The zero-order chi connectivity index (χ0) is 29.2. The Hall–Kier alpha value is -4.00. The van der Waals surface area contributed by atoms with Crippen molar-refractivity contribution in [3.8, 4) is 0 Å². The molecule has 4 heterocycles. The van der Waals surface area contributed by atoms with Crippen molar-refractivity contribution in [3.05, 3.63) is 122 Å². The zero-order valence-electron chi connectivity index (χ0n) is 23.2. The number of fused-ring (bicyclic) bond motifs is 6. The van der Waals surface area contributed by atoms with Crippen LogP contribution in [0.3, 0.4) is 0 Å². The Bertz CT molecular complexity index is 1760. The Balaban J connectivity index is 1.48. The van der Waals surface area contributed by atoms with Crippen LogP contribution in [-0.4, -0.2) is 29.6 Å². The number of Topliss-reactive ketones (excluding diaryl/α,β-unsaturated/α-hetero) is 2. The maximum absolute atomic E-state index is 14.9. The first-order valence-corrected chi connectivity index (χ1v) is 15.4. The molecule has 0 radical (unpaired) electrons. The highest BCUT2D eigenvalue weighted by molar-refractivity contribution is 7.12. The van der Waals surface area contributed by atoms with Crippen LogP contribution >= 0.6 is 22.9 Å². The molecule has 42 heavy (non-hydrogen) atoms. The van der Waals surface area contributed by atoms with Crippen molar-refractivity contribution in [2.75, 3.05) is 10.2 Å². The minimum absolute atomic E-state index is 0.171. The Morgan fingerprint density at radius 2 is 1.79 bits per heavy atom. The van der Waals surface area contributed by atoms with Crippen LogP contribution in [0.5, 0.6) is 0 Å². The van der Waals surface area contributed by atoms with Crippen molar-refractivity contribution in [1.29, 1.82) is 0 Å². The van der Waals surface area contributed by atoms with E-state index in [4.69, 9.17) is 11.6 Å². The van der Waals surface area contributed by atoms with Crippen LogP contribution in [0.15, 0.2) is 90.3 Å². The van der Waals surface area contributed by atoms with Gasteiger partial charge in [0.05, 0.1) is 16.8 Å². The summed E-state index contributed by atoms with van der Waals surface area (Å²) in [7, 11) is 0. The van der Waals surface area contributed by atoms with Crippen LogP contribution in [0.2, 0.25) is 5.02 Å². The largest absolute Gasteiger partial charge is 0.352 e. The number of carbonyl (C=O) groups excluding carboxylic acids is 3. The number of ketones is 2. The second kappa shape index (κ2) is 10.1. The number of thiophene rings is 1. The third-order valence-electron chi connectivity index (χ3n) is 8.79. The van der Waals surface area contributed by atoms with E-state index in [0.29, 0.717) is 27.1 Å². The monoisotopic (exact) mass is 592 g/mol. The van der Waals surface area contributed by atoms with Gasteiger partial charge in [0.25, 0.3) is 0 Å². The van der Waals surface area contributed by atoms with Crippen molar-refractivity contribution in [2.24, 2.45) is 11.8 Å². The fourth-order valence-electron chi connectivity index (χ4n) is 7.17. The number of nitrogens with zero attached hydrogens (tertiary/aromatic N) is 1. The molecule has 0 unspecified atom stereocenters. The lowest BCUT2D eigenvalue weighted by atomic mass is 9.64. The third-order valence-corrected chi connectivity index (χ3v) is 9.91. The second-order valence-electron chi connectivity index (χ2n) is 11.7. The molecule has 1 N–H and O–H groups in total. The lowest BCUT2D eigenvalue weighted by Gasteiger charge is -2.37. The van der Waals surface area contributed by atoms with E-state index in [0.717, 1.165) is 28.8 Å². The molecule has 210 valence electrons. The first kappa shape index (κ1) is 26.9. The molecule has 1 fully saturated rings. The summed E-state index contributed by atoms with van der Waals surface area (Å²) in [6, 6.07) is 22.9. The number of hydrogen-bond acceptors (Lipinski definition) is 5. The lowest BCUT2D eigenvalue weighted by Crippen LogP contribution is -2.51. The number of anilines is 2. The molecule has 7 heteroatoms. The van der Waals surface area contributed by atoms with Gasteiger partial charge in [-0.2, -0.15) is 0 Å². The van der Waals surface area contributed by atoms with E-state index in [1.807, 2.05) is 89.2 Å².